The van der Waals surface area contributed by atoms with Gasteiger partial charge in [0.15, 0.2) is 0 Å². The molecule has 1 aromatic carbocycles. The van der Waals surface area contributed by atoms with Gasteiger partial charge in [0.1, 0.15) is 5.75 Å². The average molecular weight is 289 g/mol. The molecular formula is C16H23N3O2. The summed E-state index contributed by atoms with van der Waals surface area (Å²) >= 11 is 0. The number of benzene rings is 1. The van der Waals surface area contributed by atoms with Crippen LogP contribution in [0.2, 0.25) is 0 Å². The van der Waals surface area contributed by atoms with Crippen LogP contribution in [0.4, 0.5) is 0 Å². The fourth-order valence-corrected chi connectivity index (χ4v) is 2.13. The second-order valence-electron chi connectivity index (χ2n) is 5.11. The molecule has 0 saturated heterocycles. The van der Waals surface area contributed by atoms with Gasteiger partial charge < -0.3 is 14.6 Å². The number of nitrogens with one attached hydrogen (secondary N) is 1. The van der Waals surface area contributed by atoms with Crippen LogP contribution in [0.1, 0.15) is 32.6 Å². The van der Waals surface area contributed by atoms with E-state index in [9.17, 15) is 0 Å². The fraction of sp³-hybridized carbons (Fsp3) is 0.500. The quantitative estimate of drug-likeness (QED) is 0.809. The zero-order valence-electron chi connectivity index (χ0n) is 12.9. The summed E-state index contributed by atoms with van der Waals surface area (Å²) in [5.41, 5.74) is 0.854. The molecule has 0 aliphatic carbocycles. The van der Waals surface area contributed by atoms with Crippen LogP contribution >= 0.6 is 0 Å². The van der Waals surface area contributed by atoms with Crippen molar-refractivity contribution in [2.45, 2.75) is 39.2 Å². The van der Waals surface area contributed by atoms with Crippen LogP contribution in [-0.2, 0) is 6.42 Å². The molecule has 1 heterocycles. The normalized spacial score (nSPS) is 12.3. The first-order valence-corrected chi connectivity index (χ1v) is 7.44. The maximum atomic E-state index is 5.33. The molecular weight excluding hydrogens is 266 g/mol. The number of rotatable bonds is 8. The first-order chi connectivity index (χ1) is 10.2. The second kappa shape index (κ2) is 7.78. The van der Waals surface area contributed by atoms with E-state index in [0.717, 1.165) is 37.1 Å². The molecule has 5 heteroatoms. The van der Waals surface area contributed by atoms with Gasteiger partial charge in [-0.3, -0.25) is 0 Å². The van der Waals surface area contributed by atoms with Crippen LogP contribution in [0.3, 0.4) is 0 Å². The predicted octanol–water partition coefficient (Wildman–Crippen LogP) is 3.07. The number of ether oxygens (including phenoxy) is 1. The van der Waals surface area contributed by atoms with Crippen LogP contribution in [0, 0.1) is 0 Å². The smallest absolute Gasteiger partial charge is 0.227 e. The summed E-state index contributed by atoms with van der Waals surface area (Å²) in [6.45, 7) is 5.38. The van der Waals surface area contributed by atoms with Crippen LogP contribution in [0.25, 0.3) is 11.4 Å². The lowest BCUT2D eigenvalue weighted by molar-refractivity contribution is 0.366. The van der Waals surface area contributed by atoms with Crippen molar-refractivity contribution < 1.29 is 9.26 Å². The zero-order chi connectivity index (χ0) is 15.1. The van der Waals surface area contributed by atoms with Crippen molar-refractivity contribution in [2.24, 2.45) is 0 Å². The molecule has 0 amide bonds. The van der Waals surface area contributed by atoms with Crippen molar-refractivity contribution >= 4 is 0 Å². The third kappa shape index (κ3) is 4.29. The van der Waals surface area contributed by atoms with Gasteiger partial charge in [0.05, 0.1) is 12.7 Å². The second-order valence-corrected chi connectivity index (χ2v) is 5.11. The fourth-order valence-electron chi connectivity index (χ4n) is 2.13. The number of methoxy groups -OCH3 is 1. The van der Waals surface area contributed by atoms with E-state index in [4.69, 9.17) is 9.26 Å². The van der Waals surface area contributed by atoms with Crippen molar-refractivity contribution in [3.05, 3.63) is 30.2 Å². The van der Waals surface area contributed by atoms with E-state index in [-0.39, 0.29) is 0 Å². The van der Waals surface area contributed by atoms with Crippen LogP contribution in [0.15, 0.2) is 28.8 Å². The number of aryl methyl sites for hydroxylation is 1. The summed E-state index contributed by atoms with van der Waals surface area (Å²) < 4.78 is 10.6. The minimum Gasteiger partial charge on any atom is -0.496 e. The first-order valence-electron chi connectivity index (χ1n) is 7.44. The monoisotopic (exact) mass is 289 g/mol. The SMILES string of the molecule is CCCNC(C)CCc1nc(-c2ccccc2OC)no1. The summed E-state index contributed by atoms with van der Waals surface area (Å²) in [4.78, 5) is 4.46. The Kier molecular flexibility index (Phi) is 5.75. The number of hydrogen-bond donors (Lipinski definition) is 1. The molecule has 5 nitrogen and oxygen atoms in total. The Morgan fingerprint density at radius 2 is 2.14 bits per heavy atom. The Hall–Kier alpha value is -1.88. The summed E-state index contributed by atoms with van der Waals surface area (Å²) in [5.74, 6) is 2.00. The van der Waals surface area contributed by atoms with Gasteiger partial charge in [0, 0.05) is 12.5 Å². The summed E-state index contributed by atoms with van der Waals surface area (Å²) in [7, 11) is 1.64. The Balaban J connectivity index is 1.98. The molecule has 114 valence electrons. The van der Waals surface area contributed by atoms with Gasteiger partial charge in [-0.15, -0.1) is 0 Å². The van der Waals surface area contributed by atoms with E-state index in [1.807, 2.05) is 24.3 Å². The molecule has 1 atom stereocenters. The lowest BCUT2D eigenvalue weighted by atomic mass is 10.1. The molecule has 0 fully saturated rings. The Morgan fingerprint density at radius 1 is 1.33 bits per heavy atom. The van der Waals surface area contributed by atoms with Gasteiger partial charge in [0.25, 0.3) is 0 Å². The molecule has 1 aromatic heterocycles. The molecule has 0 spiro atoms. The zero-order valence-corrected chi connectivity index (χ0v) is 12.9. The Labute approximate surface area is 125 Å². The lowest BCUT2D eigenvalue weighted by Gasteiger charge is -2.10. The molecule has 2 rings (SSSR count). The van der Waals surface area contributed by atoms with Crippen LogP contribution < -0.4 is 10.1 Å². The molecule has 0 aliphatic rings. The topological polar surface area (TPSA) is 60.2 Å². The minimum atomic E-state index is 0.451. The maximum Gasteiger partial charge on any atom is 0.227 e. The summed E-state index contributed by atoms with van der Waals surface area (Å²) in [6, 6.07) is 8.13. The number of hydrogen-bond acceptors (Lipinski definition) is 5. The van der Waals surface area contributed by atoms with Gasteiger partial charge in [-0.05, 0) is 38.4 Å². The van der Waals surface area contributed by atoms with Crippen LogP contribution in [0.5, 0.6) is 5.75 Å². The van der Waals surface area contributed by atoms with Crippen LogP contribution in [-0.4, -0.2) is 29.8 Å². The van der Waals surface area contributed by atoms with Crippen molar-refractivity contribution in [3.8, 4) is 17.1 Å². The van der Waals surface area contributed by atoms with Gasteiger partial charge in [-0.1, -0.05) is 24.2 Å². The highest BCUT2D eigenvalue weighted by Crippen LogP contribution is 2.27. The lowest BCUT2D eigenvalue weighted by Crippen LogP contribution is -2.27. The molecule has 2 aromatic rings. The highest BCUT2D eigenvalue weighted by Gasteiger charge is 2.13. The van der Waals surface area contributed by atoms with Crippen molar-refractivity contribution in [1.29, 1.82) is 0 Å². The number of para-hydroxylation sites is 1. The highest BCUT2D eigenvalue weighted by molar-refractivity contribution is 5.63. The summed E-state index contributed by atoms with van der Waals surface area (Å²) in [6.07, 6.45) is 2.90. The van der Waals surface area contributed by atoms with E-state index in [2.05, 4.69) is 29.3 Å². The van der Waals surface area contributed by atoms with Gasteiger partial charge in [0.2, 0.25) is 11.7 Å². The van der Waals surface area contributed by atoms with Crippen molar-refractivity contribution in [2.75, 3.05) is 13.7 Å². The van der Waals surface area contributed by atoms with Crippen molar-refractivity contribution in [3.63, 3.8) is 0 Å². The molecule has 0 aliphatic heterocycles. The third-order valence-electron chi connectivity index (χ3n) is 3.35. The highest BCUT2D eigenvalue weighted by atomic mass is 16.5. The molecule has 0 bridgehead atoms. The standard InChI is InChI=1S/C16H23N3O2/c1-4-11-17-12(2)9-10-15-18-16(19-21-15)13-7-5-6-8-14(13)20-3/h5-8,12,17H,4,9-11H2,1-3H3. The average Bonchev–Trinajstić information content (AvgIpc) is 2.99. The largest absolute Gasteiger partial charge is 0.496 e. The van der Waals surface area contributed by atoms with Crippen molar-refractivity contribution in [1.82, 2.24) is 15.5 Å². The number of aromatic nitrogens is 2. The van der Waals surface area contributed by atoms with Gasteiger partial charge in [-0.2, -0.15) is 4.98 Å². The third-order valence-corrected chi connectivity index (χ3v) is 3.35. The van der Waals surface area contributed by atoms with Gasteiger partial charge in [-0.25, -0.2) is 0 Å². The molecule has 1 N–H and O–H groups in total. The van der Waals surface area contributed by atoms with E-state index in [1.165, 1.54) is 0 Å². The Bertz CT molecular complexity index is 554. The van der Waals surface area contributed by atoms with E-state index >= 15 is 0 Å². The minimum absolute atomic E-state index is 0.451. The molecule has 0 saturated carbocycles. The molecule has 21 heavy (non-hydrogen) atoms. The number of nitrogens with zero attached hydrogens (tertiary/aromatic N) is 2. The van der Waals surface area contributed by atoms with E-state index < -0.39 is 0 Å². The first kappa shape index (κ1) is 15.5. The molecule has 0 radical (unpaired) electrons. The van der Waals surface area contributed by atoms with E-state index in [0.29, 0.717) is 17.8 Å². The van der Waals surface area contributed by atoms with E-state index in [1.54, 1.807) is 7.11 Å². The predicted molar refractivity (Wildman–Crippen MR) is 82.4 cm³/mol. The van der Waals surface area contributed by atoms with Gasteiger partial charge >= 0.3 is 0 Å². The Morgan fingerprint density at radius 3 is 2.90 bits per heavy atom. The summed E-state index contributed by atoms with van der Waals surface area (Å²) in [5, 5.41) is 7.50. The molecule has 1 unspecified atom stereocenters. The maximum absolute atomic E-state index is 5.33.